The third-order valence-electron chi connectivity index (χ3n) is 2.92. The molecule has 0 aliphatic heterocycles. The summed E-state index contributed by atoms with van der Waals surface area (Å²) in [5.74, 6) is 0. The fourth-order valence-corrected chi connectivity index (χ4v) is 2.17. The average Bonchev–Trinajstić information content (AvgIpc) is 3.03. The van der Waals surface area contributed by atoms with E-state index < -0.39 is 0 Å². The molecule has 2 rings (SSSR count). The first-order valence-electron chi connectivity index (χ1n) is 5.51. The van der Waals surface area contributed by atoms with E-state index in [1.54, 1.807) is 0 Å². The van der Waals surface area contributed by atoms with Crippen molar-refractivity contribution >= 4 is 17.3 Å². The number of benzene rings is 1. The molecule has 0 saturated heterocycles. The summed E-state index contributed by atoms with van der Waals surface area (Å²) in [5.41, 5.74) is 7.83. The third-order valence-corrected chi connectivity index (χ3v) is 3.27. The van der Waals surface area contributed by atoms with Crippen molar-refractivity contribution in [3.05, 3.63) is 28.8 Å². The first-order chi connectivity index (χ1) is 7.26. The lowest BCUT2D eigenvalue weighted by atomic mass is 10.2. The molecule has 1 aromatic carbocycles. The molecule has 1 aliphatic rings. The molecule has 1 aromatic rings. The molecule has 2 N–H and O–H groups in total. The second-order valence-corrected chi connectivity index (χ2v) is 4.40. The summed E-state index contributed by atoms with van der Waals surface area (Å²) < 4.78 is 0. The smallest absolute Gasteiger partial charge is 0.0471 e. The molecule has 3 heteroatoms. The fraction of sp³-hybridized carbons (Fsp3) is 0.500. The van der Waals surface area contributed by atoms with Gasteiger partial charge < -0.3 is 10.6 Å². The highest BCUT2D eigenvalue weighted by atomic mass is 35.5. The van der Waals surface area contributed by atoms with E-state index in [1.165, 1.54) is 18.5 Å². The van der Waals surface area contributed by atoms with Crippen molar-refractivity contribution in [3.63, 3.8) is 0 Å². The zero-order valence-electron chi connectivity index (χ0n) is 9.04. The van der Waals surface area contributed by atoms with Crippen LogP contribution < -0.4 is 10.6 Å². The fourth-order valence-electron chi connectivity index (χ4n) is 1.92. The number of nitrogens with two attached hydrogens (primary N) is 1. The Kier molecular flexibility index (Phi) is 3.17. The molecule has 0 aromatic heterocycles. The molecule has 1 saturated carbocycles. The highest BCUT2D eigenvalue weighted by Gasteiger charge is 2.28. The molecular weight excluding hydrogens is 208 g/mol. The molecule has 82 valence electrons. The van der Waals surface area contributed by atoms with Crippen molar-refractivity contribution in [2.75, 3.05) is 11.4 Å². The van der Waals surface area contributed by atoms with E-state index in [0.717, 1.165) is 23.2 Å². The van der Waals surface area contributed by atoms with Crippen molar-refractivity contribution in [2.45, 2.75) is 32.4 Å². The van der Waals surface area contributed by atoms with E-state index in [4.69, 9.17) is 17.3 Å². The predicted octanol–water partition coefficient (Wildman–Crippen LogP) is 2.79. The maximum Gasteiger partial charge on any atom is 0.0471 e. The quantitative estimate of drug-likeness (QED) is 0.852. The van der Waals surface area contributed by atoms with Gasteiger partial charge >= 0.3 is 0 Å². The van der Waals surface area contributed by atoms with Gasteiger partial charge in [0, 0.05) is 29.8 Å². The lowest BCUT2D eigenvalue weighted by Gasteiger charge is -2.23. The van der Waals surface area contributed by atoms with Crippen LogP contribution in [-0.2, 0) is 6.54 Å². The predicted molar refractivity (Wildman–Crippen MR) is 65.4 cm³/mol. The Hall–Kier alpha value is -0.730. The van der Waals surface area contributed by atoms with Crippen LogP contribution in [0.15, 0.2) is 18.2 Å². The van der Waals surface area contributed by atoms with Crippen LogP contribution in [-0.4, -0.2) is 12.6 Å². The second-order valence-electron chi connectivity index (χ2n) is 4.00. The lowest BCUT2D eigenvalue weighted by molar-refractivity contribution is 0.826. The zero-order valence-corrected chi connectivity index (χ0v) is 9.80. The summed E-state index contributed by atoms with van der Waals surface area (Å²) in [4.78, 5) is 2.41. The maximum atomic E-state index is 6.15. The number of nitrogens with zero attached hydrogens (tertiary/aromatic N) is 1. The van der Waals surface area contributed by atoms with Crippen molar-refractivity contribution in [2.24, 2.45) is 5.73 Å². The van der Waals surface area contributed by atoms with E-state index in [1.807, 2.05) is 12.1 Å². The van der Waals surface area contributed by atoms with Gasteiger partial charge in [-0.05, 0) is 37.5 Å². The lowest BCUT2D eigenvalue weighted by Crippen LogP contribution is -2.24. The molecule has 0 radical (unpaired) electrons. The third kappa shape index (κ3) is 2.27. The van der Waals surface area contributed by atoms with Gasteiger partial charge in [-0.25, -0.2) is 0 Å². The number of anilines is 1. The Balaban J connectivity index is 2.23. The molecule has 0 spiro atoms. The number of hydrogen-bond donors (Lipinski definition) is 1. The van der Waals surface area contributed by atoms with Gasteiger partial charge in [0.15, 0.2) is 0 Å². The van der Waals surface area contributed by atoms with Crippen LogP contribution in [0.4, 0.5) is 5.69 Å². The standard InChI is InChI=1S/C12H17ClN2/c1-2-15(10-5-6-10)11-4-3-9(8-14)12(13)7-11/h3-4,7,10H,2,5-6,8,14H2,1H3. The summed E-state index contributed by atoms with van der Waals surface area (Å²) >= 11 is 6.15. The number of rotatable bonds is 4. The summed E-state index contributed by atoms with van der Waals surface area (Å²) in [7, 11) is 0. The van der Waals surface area contributed by atoms with Crippen molar-refractivity contribution in [1.82, 2.24) is 0 Å². The average molecular weight is 225 g/mol. The van der Waals surface area contributed by atoms with E-state index in [0.29, 0.717) is 6.54 Å². The van der Waals surface area contributed by atoms with E-state index in [2.05, 4.69) is 17.9 Å². The van der Waals surface area contributed by atoms with Crippen molar-refractivity contribution in [3.8, 4) is 0 Å². The first kappa shape index (κ1) is 10.8. The summed E-state index contributed by atoms with van der Waals surface area (Å²) in [5, 5.41) is 0.786. The molecule has 1 aliphatic carbocycles. The molecule has 0 heterocycles. The van der Waals surface area contributed by atoms with Gasteiger partial charge in [-0.15, -0.1) is 0 Å². The zero-order chi connectivity index (χ0) is 10.8. The molecule has 0 unspecified atom stereocenters. The normalized spacial score (nSPS) is 15.4. The second kappa shape index (κ2) is 4.42. The Labute approximate surface area is 96.0 Å². The Morgan fingerprint density at radius 3 is 2.67 bits per heavy atom. The summed E-state index contributed by atoms with van der Waals surface area (Å²) in [6.45, 7) is 3.74. The van der Waals surface area contributed by atoms with E-state index >= 15 is 0 Å². The van der Waals surface area contributed by atoms with Gasteiger partial charge in [0.05, 0.1) is 0 Å². The van der Waals surface area contributed by atoms with Crippen LogP contribution in [0.5, 0.6) is 0 Å². The summed E-state index contributed by atoms with van der Waals surface area (Å²) in [6, 6.07) is 6.92. The minimum Gasteiger partial charge on any atom is -0.369 e. The van der Waals surface area contributed by atoms with E-state index in [-0.39, 0.29) is 0 Å². The Morgan fingerprint density at radius 2 is 2.20 bits per heavy atom. The topological polar surface area (TPSA) is 29.3 Å². The molecule has 2 nitrogen and oxygen atoms in total. The van der Waals surface area contributed by atoms with Crippen LogP contribution in [0.2, 0.25) is 5.02 Å². The maximum absolute atomic E-state index is 6.15. The molecular formula is C12H17ClN2. The van der Waals surface area contributed by atoms with Crippen LogP contribution in [0.1, 0.15) is 25.3 Å². The number of halogens is 1. The SMILES string of the molecule is CCN(c1ccc(CN)c(Cl)c1)C1CC1. The number of hydrogen-bond acceptors (Lipinski definition) is 2. The first-order valence-corrected chi connectivity index (χ1v) is 5.89. The molecule has 0 amide bonds. The van der Waals surface area contributed by atoms with Crippen LogP contribution in [0.25, 0.3) is 0 Å². The monoisotopic (exact) mass is 224 g/mol. The highest BCUT2D eigenvalue weighted by Crippen LogP contribution is 2.33. The molecule has 15 heavy (non-hydrogen) atoms. The van der Waals surface area contributed by atoms with Gasteiger partial charge in [0.2, 0.25) is 0 Å². The minimum atomic E-state index is 0.509. The van der Waals surface area contributed by atoms with Gasteiger partial charge in [-0.2, -0.15) is 0 Å². The van der Waals surface area contributed by atoms with Crippen molar-refractivity contribution in [1.29, 1.82) is 0 Å². The Bertz CT molecular complexity index is 347. The molecule has 0 atom stereocenters. The van der Waals surface area contributed by atoms with Gasteiger partial charge in [-0.1, -0.05) is 17.7 Å². The Morgan fingerprint density at radius 1 is 1.47 bits per heavy atom. The van der Waals surface area contributed by atoms with Crippen LogP contribution >= 0.6 is 11.6 Å². The minimum absolute atomic E-state index is 0.509. The van der Waals surface area contributed by atoms with E-state index in [9.17, 15) is 0 Å². The highest BCUT2D eigenvalue weighted by molar-refractivity contribution is 6.31. The summed E-state index contributed by atoms with van der Waals surface area (Å²) in [6.07, 6.45) is 2.62. The van der Waals surface area contributed by atoms with Crippen LogP contribution in [0, 0.1) is 0 Å². The van der Waals surface area contributed by atoms with Gasteiger partial charge in [0.1, 0.15) is 0 Å². The van der Waals surface area contributed by atoms with Gasteiger partial charge in [0.25, 0.3) is 0 Å². The molecule has 1 fully saturated rings. The molecule has 0 bridgehead atoms. The van der Waals surface area contributed by atoms with Crippen LogP contribution in [0.3, 0.4) is 0 Å². The van der Waals surface area contributed by atoms with Gasteiger partial charge in [-0.3, -0.25) is 0 Å². The largest absolute Gasteiger partial charge is 0.369 e. The van der Waals surface area contributed by atoms with Crippen molar-refractivity contribution < 1.29 is 0 Å².